The first-order valence-corrected chi connectivity index (χ1v) is 8.39. The van der Waals surface area contributed by atoms with E-state index < -0.39 is 0 Å². The van der Waals surface area contributed by atoms with Crippen molar-refractivity contribution >= 4 is 11.9 Å². The maximum Gasteiger partial charge on any atom is 0.236 e. The lowest BCUT2D eigenvalue weighted by Crippen LogP contribution is -2.52. The Bertz CT molecular complexity index is 496. The van der Waals surface area contributed by atoms with Crippen LogP contribution in [0.2, 0.25) is 0 Å². The number of aliphatic hydroxyl groups excluding tert-OH is 1. The second-order valence-electron chi connectivity index (χ2n) is 6.32. The number of aromatic nitrogens is 2. The Morgan fingerprint density at radius 3 is 2.35 bits per heavy atom. The van der Waals surface area contributed by atoms with Crippen LogP contribution in [0.15, 0.2) is 18.5 Å². The molecule has 0 radical (unpaired) electrons. The predicted octanol–water partition coefficient (Wildman–Crippen LogP) is -0.170. The van der Waals surface area contributed by atoms with E-state index in [1.165, 1.54) is 0 Å². The number of piperazine rings is 1. The number of hydrogen-bond donors (Lipinski definition) is 1. The summed E-state index contributed by atoms with van der Waals surface area (Å²) < 4.78 is 0. The van der Waals surface area contributed by atoms with Crippen molar-refractivity contribution in [2.24, 2.45) is 5.92 Å². The van der Waals surface area contributed by atoms with E-state index in [1.807, 2.05) is 11.0 Å². The molecule has 1 N–H and O–H groups in total. The number of amides is 1. The summed E-state index contributed by atoms with van der Waals surface area (Å²) >= 11 is 0. The highest BCUT2D eigenvalue weighted by Gasteiger charge is 2.25. The van der Waals surface area contributed by atoms with Crippen LogP contribution < -0.4 is 4.90 Å². The molecule has 0 unspecified atom stereocenters. The van der Waals surface area contributed by atoms with E-state index in [-0.39, 0.29) is 12.5 Å². The number of piperidine rings is 1. The minimum Gasteiger partial charge on any atom is -0.396 e. The second-order valence-corrected chi connectivity index (χ2v) is 6.32. The molecule has 3 heterocycles. The fourth-order valence-electron chi connectivity index (χ4n) is 3.23. The molecule has 2 aliphatic heterocycles. The molecule has 0 aliphatic carbocycles. The molecular weight excluding hydrogens is 294 g/mol. The lowest BCUT2D eigenvalue weighted by molar-refractivity contribution is -0.133. The number of aliphatic hydroxyl groups is 1. The Balaban J connectivity index is 1.43. The van der Waals surface area contributed by atoms with Gasteiger partial charge in [-0.05, 0) is 37.9 Å². The van der Waals surface area contributed by atoms with Crippen LogP contribution >= 0.6 is 0 Å². The molecule has 1 amide bonds. The summed E-state index contributed by atoms with van der Waals surface area (Å²) in [6.07, 6.45) is 5.47. The molecule has 2 fully saturated rings. The van der Waals surface area contributed by atoms with Crippen molar-refractivity contribution in [1.29, 1.82) is 0 Å². The van der Waals surface area contributed by atoms with Crippen LogP contribution in [-0.2, 0) is 4.79 Å². The summed E-state index contributed by atoms with van der Waals surface area (Å²) in [7, 11) is 0. The van der Waals surface area contributed by atoms with Crippen LogP contribution in [0.1, 0.15) is 12.8 Å². The van der Waals surface area contributed by atoms with Gasteiger partial charge in [0.2, 0.25) is 11.9 Å². The zero-order chi connectivity index (χ0) is 16.1. The molecule has 7 nitrogen and oxygen atoms in total. The largest absolute Gasteiger partial charge is 0.396 e. The number of carbonyl (C=O) groups excluding carboxylic acids is 1. The highest BCUT2D eigenvalue weighted by Crippen LogP contribution is 2.16. The first-order chi connectivity index (χ1) is 11.3. The van der Waals surface area contributed by atoms with Crippen LogP contribution in [-0.4, -0.2) is 83.2 Å². The molecular formula is C16H25N5O2. The molecule has 0 bridgehead atoms. The van der Waals surface area contributed by atoms with Gasteiger partial charge in [-0.25, -0.2) is 9.97 Å². The first kappa shape index (κ1) is 16.1. The molecule has 0 aromatic carbocycles. The van der Waals surface area contributed by atoms with Crippen molar-refractivity contribution in [3.05, 3.63) is 18.5 Å². The molecule has 0 spiro atoms. The third-order valence-corrected chi connectivity index (χ3v) is 4.79. The quantitative estimate of drug-likeness (QED) is 0.831. The van der Waals surface area contributed by atoms with E-state index in [0.717, 1.165) is 58.1 Å². The summed E-state index contributed by atoms with van der Waals surface area (Å²) in [6.45, 7) is 5.61. The fraction of sp³-hybridized carbons (Fsp3) is 0.688. The maximum absolute atomic E-state index is 12.4. The van der Waals surface area contributed by atoms with E-state index in [2.05, 4.69) is 19.8 Å². The van der Waals surface area contributed by atoms with Crippen LogP contribution in [0.4, 0.5) is 5.95 Å². The van der Waals surface area contributed by atoms with Crippen molar-refractivity contribution in [3.8, 4) is 0 Å². The lowest BCUT2D eigenvalue weighted by atomic mass is 9.98. The summed E-state index contributed by atoms with van der Waals surface area (Å²) in [6, 6.07) is 1.81. The van der Waals surface area contributed by atoms with Crippen molar-refractivity contribution in [2.75, 3.05) is 57.3 Å². The number of rotatable bonds is 4. The molecule has 126 valence electrons. The van der Waals surface area contributed by atoms with E-state index in [1.54, 1.807) is 12.4 Å². The van der Waals surface area contributed by atoms with Gasteiger partial charge in [0.1, 0.15) is 0 Å². The maximum atomic E-state index is 12.4. The second kappa shape index (κ2) is 7.70. The number of hydrogen-bond acceptors (Lipinski definition) is 6. The van der Waals surface area contributed by atoms with Gasteiger partial charge in [-0.3, -0.25) is 9.69 Å². The minimum atomic E-state index is 0.209. The normalized spacial score (nSPS) is 20.7. The topological polar surface area (TPSA) is 72.8 Å². The van der Waals surface area contributed by atoms with Crippen LogP contribution in [0.25, 0.3) is 0 Å². The van der Waals surface area contributed by atoms with Gasteiger partial charge in [-0.1, -0.05) is 0 Å². The SMILES string of the molecule is O=C(CN1CCC(CO)CC1)N1CCN(c2ncccn2)CC1. The van der Waals surface area contributed by atoms with Gasteiger partial charge < -0.3 is 14.9 Å². The molecule has 0 atom stereocenters. The Hall–Kier alpha value is -1.73. The summed E-state index contributed by atoms with van der Waals surface area (Å²) in [4.78, 5) is 27.2. The van der Waals surface area contributed by atoms with E-state index in [0.29, 0.717) is 12.5 Å². The van der Waals surface area contributed by atoms with Crippen LogP contribution in [0, 0.1) is 5.92 Å². The van der Waals surface area contributed by atoms with Crippen LogP contribution in [0.5, 0.6) is 0 Å². The van der Waals surface area contributed by atoms with Gasteiger partial charge in [-0.2, -0.15) is 0 Å². The Kier molecular flexibility index (Phi) is 5.40. The molecule has 7 heteroatoms. The molecule has 2 saturated heterocycles. The van der Waals surface area contributed by atoms with Gasteiger partial charge in [0.15, 0.2) is 0 Å². The highest BCUT2D eigenvalue weighted by atomic mass is 16.3. The number of carbonyl (C=O) groups is 1. The third kappa shape index (κ3) is 4.17. The zero-order valence-electron chi connectivity index (χ0n) is 13.5. The monoisotopic (exact) mass is 319 g/mol. The van der Waals surface area contributed by atoms with E-state index >= 15 is 0 Å². The van der Waals surface area contributed by atoms with Crippen molar-refractivity contribution < 1.29 is 9.90 Å². The minimum absolute atomic E-state index is 0.209. The smallest absolute Gasteiger partial charge is 0.236 e. The highest BCUT2D eigenvalue weighted by molar-refractivity contribution is 5.78. The lowest BCUT2D eigenvalue weighted by Gasteiger charge is -2.37. The summed E-state index contributed by atoms with van der Waals surface area (Å²) in [5.41, 5.74) is 0. The van der Waals surface area contributed by atoms with Crippen molar-refractivity contribution in [2.45, 2.75) is 12.8 Å². The van der Waals surface area contributed by atoms with Crippen LogP contribution in [0.3, 0.4) is 0 Å². The number of likely N-dealkylation sites (tertiary alicyclic amines) is 1. The predicted molar refractivity (Wildman–Crippen MR) is 87.1 cm³/mol. The molecule has 2 aliphatic rings. The first-order valence-electron chi connectivity index (χ1n) is 8.39. The fourth-order valence-corrected chi connectivity index (χ4v) is 3.23. The number of anilines is 1. The summed E-state index contributed by atoms with van der Waals surface area (Å²) in [5.74, 6) is 1.36. The molecule has 0 saturated carbocycles. The summed E-state index contributed by atoms with van der Waals surface area (Å²) in [5, 5.41) is 9.17. The van der Waals surface area contributed by atoms with Gasteiger partial charge in [0, 0.05) is 45.2 Å². The standard InChI is InChI=1S/C16H25N5O2/c22-13-14-2-6-19(7-3-14)12-15(23)20-8-10-21(11-9-20)16-17-4-1-5-18-16/h1,4-5,14,22H,2-3,6-13H2. The third-order valence-electron chi connectivity index (χ3n) is 4.79. The van der Waals surface area contributed by atoms with Gasteiger partial charge >= 0.3 is 0 Å². The number of nitrogens with zero attached hydrogens (tertiary/aromatic N) is 5. The zero-order valence-corrected chi connectivity index (χ0v) is 13.5. The average molecular weight is 319 g/mol. The van der Waals surface area contributed by atoms with Gasteiger partial charge in [-0.15, -0.1) is 0 Å². The van der Waals surface area contributed by atoms with Crippen molar-refractivity contribution in [3.63, 3.8) is 0 Å². The Morgan fingerprint density at radius 2 is 1.74 bits per heavy atom. The Morgan fingerprint density at radius 1 is 1.09 bits per heavy atom. The molecule has 1 aromatic rings. The van der Waals surface area contributed by atoms with Crippen molar-refractivity contribution in [1.82, 2.24) is 19.8 Å². The molecule has 1 aromatic heterocycles. The van der Waals surface area contributed by atoms with Gasteiger partial charge in [0.05, 0.1) is 6.54 Å². The Labute approximate surface area is 136 Å². The van der Waals surface area contributed by atoms with E-state index in [4.69, 9.17) is 0 Å². The molecule has 23 heavy (non-hydrogen) atoms. The van der Waals surface area contributed by atoms with E-state index in [9.17, 15) is 9.90 Å². The van der Waals surface area contributed by atoms with Gasteiger partial charge in [0.25, 0.3) is 0 Å². The average Bonchev–Trinajstić information content (AvgIpc) is 2.63. The molecule has 3 rings (SSSR count).